The summed E-state index contributed by atoms with van der Waals surface area (Å²) in [6, 6.07) is 6.79. The van der Waals surface area contributed by atoms with Gasteiger partial charge in [-0.25, -0.2) is 0 Å². The maximum Gasteiger partial charge on any atom is 0.413 e. The summed E-state index contributed by atoms with van der Waals surface area (Å²) in [5.74, 6) is 0.618. The zero-order valence-corrected chi connectivity index (χ0v) is 10.3. The number of nitrogens with one attached hydrogen (secondary N) is 1. The summed E-state index contributed by atoms with van der Waals surface area (Å²) in [4.78, 5) is 4.47. The van der Waals surface area contributed by atoms with E-state index in [1.54, 1.807) is 24.3 Å². The molecule has 0 bridgehead atoms. The van der Waals surface area contributed by atoms with Gasteiger partial charge in [0.25, 0.3) is 0 Å². The highest BCUT2D eigenvalue weighted by Gasteiger charge is 2.28. The Balaban J connectivity index is 2.65. The minimum atomic E-state index is -4.34. The van der Waals surface area contributed by atoms with E-state index in [1.807, 2.05) is 6.92 Å². The van der Waals surface area contributed by atoms with E-state index >= 15 is 0 Å². The van der Waals surface area contributed by atoms with Crippen LogP contribution in [-0.2, 0) is 4.84 Å². The molecule has 0 aliphatic rings. The predicted octanol–water partition coefficient (Wildman–Crippen LogP) is 3.23. The van der Waals surface area contributed by atoms with Gasteiger partial charge in [0.15, 0.2) is 6.61 Å². The lowest BCUT2D eigenvalue weighted by atomic mass is 10.0. The van der Waals surface area contributed by atoms with E-state index < -0.39 is 12.8 Å². The minimum Gasteiger partial charge on any atom is -0.496 e. The average molecular weight is 263 g/mol. The van der Waals surface area contributed by atoms with Gasteiger partial charge in [-0.1, -0.05) is 25.1 Å². The van der Waals surface area contributed by atoms with Crippen molar-refractivity contribution in [2.24, 2.45) is 0 Å². The van der Waals surface area contributed by atoms with Crippen LogP contribution in [0.2, 0.25) is 0 Å². The number of hydrogen-bond donors (Lipinski definition) is 1. The summed E-state index contributed by atoms with van der Waals surface area (Å²) in [7, 11) is 1.52. The first-order chi connectivity index (χ1) is 8.48. The highest BCUT2D eigenvalue weighted by Crippen LogP contribution is 2.27. The van der Waals surface area contributed by atoms with Crippen LogP contribution in [0, 0.1) is 0 Å². The van der Waals surface area contributed by atoms with E-state index in [2.05, 4.69) is 10.3 Å². The molecule has 1 aromatic carbocycles. The van der Waals surface area contributed by atoms with E-state index in [9.17, 15) is 13.2 Å². The molecule has 3 nitrogen and oxygen atoms in total. The SMILES string of the molecule is CCC(NOCC(F)(F)F)c1ccccc1OC. The molecule has 6 heteroatoms. The maximum atomic E-state index is 12.0. The normalized spacial score (nSPS) is 13.4. The van der Waals surface area contributed by atoms with Crippen LogP contribution in [0.1, 0.15) is 24.9 Å². The Morgan fingerprint density at radius 2 is 1.94 bits per heavy atom. The molecular weight excluding hydrogens is 247 g/mol. The van der Waals surface area contributed by atoms with Gasteiger partial charge in [-0.15, -0.1) is 0 Å². The van der Waals surface area contributed by atoms with Gasteiger partial charge in [0.2, 0.25) is 0 Å². The maximum absolute atomic E-state index is 12.0. The summed E-state index contributed by atoms with van der Waals surface area (Å²) in [6.45, 7) is 0.527. The third-order valence-electron chi connectivity index (χ3n) is 2.38. The Bertz CT molecular complexity index is 369. The van der Waals surface area contributed by atoms with Gasteiger partial charge in [-0.05, 0) is 12.5 Å². The summed E-state index contributed by atoms with van der Waals surface area (Å²) >= 11 is 0. The van der Waals surface area contributed by atoms with Crippen LogP contribution < -0.4 is 10.2 Å². The van der Waals surface area contributed by atoms with E-state index in [1.165, 1.54) is 7.11 Å². The van der Waals surface area contributed by atoms with E-state index in [4.69, 9.17) is 4.74 Å². The summed E-state index contributed by atoms with van der Waals surface area (Å²) in [6.07, 6.45) is -3.76. The van der Waals surface area contributed by atoms with Gasteiger partial charge < -0.3 is 4.74 Å². The van der Waals surface area contributed by atoms with Crippen molar-refractivity contribution in [3.63, 3.8) is 0 Å². The predicted molar refractivity (Wildman–Crippen MR) is 61.2 cm³/mol. The largest absolute Gasteiger partial charge is 0.496 e. The molecule has 0 fully saturated rings. The summed E-state index contributed by atoms with van der Waals surface area (Å²) in [5, 5.41) is 0. The molecule has 18 heavy (non-hydrogen) atoms. The third-order valence-corrected chi connectivity index (χ3v) is 2.38. The number of alkyl halides is 3. The second kappa shape index (κ2) is 6.61. The van der Waals surface area contributed by atoms with Crippen LogP contribution in [0.25, 0.3) is 0 Å². The molecule has 1 unspecified atom stereocenters. The molecule has 0 aliphatic carbocycles. The number of hydrogen-bond acceptors (Lipinski definition) is 3. The molecule has 0 saturated carbocycles. The lowest BCUT2D eigenvalue weighted by Crippen LogP contribution is -2.28. The van der Waals surface area contributed by atoms with Crippen molar-refractivity contribution in [2.45, 2.75) is 25.6 Å². The van der Waals surface area contributed by atoms with Crippen LogP contribution in [-0.4, -0.2) is 19.9 Å². The van der Waals surface area contributed by atoms with Crippen molar-refractivity contribution in [3.05, 3.63) is 29.8 Å². The fraction of sp³-hybridized carbons (Fsp3) is 0.500. The molecule has 0 radical (unpaired) electrons. The van der Waals surface area contributed by atoms with Gasteiger partial charge in [-0.2, -0.15) is 18.7 Å². The average Bonchev–Trinajstić information content (AvgIpc) is 2.33. The Kier molecular flexibility index (Phi) is 5.43. The van der Waals surface area contributed by atoms with Crippen molar-refractivity contribution in [1.82, 2.24) is 5.48 Å². The molecule has 0 aliphatic heterocycles. The first kappa shape index (κ1) is 14.8. The fourth-order valence-electron chi connectivity index (χ4n) is 1.55. The monoisotopic (exact) mass is 263 g/mol. The lowest BCUT2D eigenvalue weighted by molar-refractivity contribution is -0.193. The van der Waals surface area contributed by atoms with E-state index in [0.717, 1.165) is 5.56 Å². The number of rotatable bonds is 6. The smallest absolute Gasteiger partial charge is 0.413 e. The van der Waals surface area contributed by atoms with Crippen LogP contribution in [0.15, 0.2) is 24.3 Å². The van der Waals surface area contributed by atoms with Crippen molar-refractivity contribution in [2.75, 3.05) is 13.7 Å². The number of halogens is 3. The number of para-hydroxylation sites is 1. The van der Waals surface area contributed by atoms with Crippen LogP contribution in [0.5, 0.6) is 5.75 Å². The third kappa shape index (κ3) is 4.54. The van der Waals surface area contributed by atoms with Gasteiger partial charge in [0, 0.05) is 5.56 Å². The van der Waals surface area contributed by atoms with E-state index in [-0.39, 0.29) is 6.04 Å². The fourth-order valence-corrected chi connectivity index (χ4v) is 1.55. The van der Waals surface area contributed by atoms with Crippen LogP contribution >= 0.6 is 0 Å². The lowest BCUT2D eigenvalue weighted by Gasteiger charge is -2.20. The van der Waals surface area contributed by atoms with Gasteiger partial charge in [0.1, 0.15) is 5.75 Å². The second-order valence-electron chi connectivity index (χ2n) is 3.72. The molecule has 0 spiro atoms. The quantitative estimate of drug-likeness (QED) is 0.799. The van der Waals surface area contributed by atoms with E-state index in [0.29, 0.717) is 12.2 Å². The highest BCUT2D eigenvalue weighted by atomic mass is 19.4. The standard InChI is InChI=1S/C12H16F3NO2/c1-3-10(16-18-8-12(13,14)15)9-6-4-5-7-11(9)17-2/h4-7,10,16H,3,8H2,1-2H3. The number of methoxy groups -OCH3 is 1. The zero-order valence-electron chi connectivity index (χ0n) is 10.3. The van der Waals surface area contributed by atoms with Crippen molar-refractivity contribution >= 4 is 0 Å². The minimum absolute atomic E-state index is 0.344. The number of hydroxylamine groups is 1. The van der Waals surface area contributed by atoms with Crippen LogP contribution in [0.3, 0.4) is 0 Å². The molecular formula is C12H16F3NO2. The molecule has 102 valence electrons. The molecule has 0 heterocycles. The van der Waals surface area contributed by atoms with Crippen molar-refractivity contribution in [1.29, 1.82) is 0 Å². The first-order valence-electron chi connectivity index (χ1n) is 5.55. The Morgan fingerprint density at radius 3 is 2.50 bits per heavy atom. The van der Waals surface area contributed by atoms with Gasteiger partial charge >= 0.3 is 6.18 Å². The topological polar surface area (TPSA) is 30.5 Å². The molecule has 0 amide bonds. The molecule has 0 aromatic heterocycles. The second-order valence-corrected chi connectivity index (χ2v) is 3.72. The summed E-state index contributed by atoms with van der Waals surface area (Å²) < 4.78 is 41.1. The number of benzene rings is 1. The Labute approximate surface area is 104 Å². The summed E-state index contributed by atoms with van der Waals surface area (Å²) in [5.41, 5.74) is 3.19. The molecule has 0 saturated heterocycles. The van der Waals surface area contributed by atoms with Gasteiger partial charge in [-0.3, -0.25) is 4.84 Å². The highest BCUT2D eigenvalue weighted by molar-refractivity contribution is 5.35. The van der Waals surface area contributed by atoms with Gasteiger partial charge in [0.05, 0.1) is 13.2 Å². The Morgan fingerprint density at radius 1 is 1.28 bits per heavy atom. The van der Waals surface area contributed by atoms with Crippen LogP contribution in [0.4, 0.5) is 13.2 Å². The van der Waals surface area contributed by atoms with Crippen molar-refractivity contribution in [3.8, 4) is 5.75 Å². The number of ether oxygens (including phenoxy) is 1. The molecule has 1 rings (SSSR count). The Hall–Kier alpha value is -1.27. The molecule has 1 aromatic rings. The zero-order chi connectivity index (χ0) is 13.6. The molecule has 1 atom stereocenters. The van der Waals surface area contributed by atoms with Crippen molar-refractivity contribution < 1.29 is 22.7 Å². The first-order valence-corrected chi connectivity index (χ1v) is 5.55. The molecule has 1 N–H and O–H groups in total.